The second-order valence-electron chi connectivity index (χ2n) is 7.27. The van der Waals surface area contributed by atoms with Gasteiger partial charge in [0.25, 0.3) is 17.4 Å². The van der Waals surface area contributed by atoms with Crippen LogP contribution in [-0.2, 0) is 22.6 Å². The van der Waals surface area contributed by atoms with E-state index in [0.29, 0.717) is 17.1 Å². The van der Waals surface area contributed by atoms with Gasteiger partial charge in [0.1, 0.15) is 5.69 Å². The third-order valence-electron chi connectivity index (χ3n) is 5.17. The number of imide groups is 1. The van der Waals surface area contributed by atoms with Gasteiger partial charge in [-0.1, -0.05) is 42.7 Å². The summed E-state index contributed by atoms with van der Waals surface area (Å²) >= 11 is 0. The van der Waals surface area contributed by atoms with Crippen molar-refractivity contribution in [2.45, 2.75) is 39.2 Å². The normalized spacial score (nSPS) is 13.0. The SMILES string of the molecule is CCCCn1c(=O)c(CCC(=O)ON2C(=O)c3ccccc3C2=O)nc2ccccc21. The smallest absolute Gasteiger partial charge is 0.330 e. The maximum absolute atomic E-state index is 12.9. The number of rotatable bonds is 7. The number of carbonyl (C=O) groups excluding carboxylic acids is 3. The van der Waals surface area contributed by atoms with E-state index in [1.54, 1.807) is 16.7 Å². The van der Waals surface area contributed by atoms with Crippen LogP contribution in [-0.4, -0.2) is 32.4 Å². The molecule has 158 valence electrons. The summed E-state index contributed by atoms with van der Waals surface area (Å²) in [7, 11) is 0. The number of aryl methyl sites for hydroxylation is 2. The molecule has 4 rings (SSSR count). The Morgan fingerprint density at radius 1 is 0.968 bits per heavy atom. The summed E-state index contributed by atoms with van der Waals surface area (Å²) in [5.74, 6) is -2.15. The van der Waals surface area contributed by atoms with E-state index < -0.39 is 17.8 Å². The minimum Gasteiger partial charge on any atom is -0.330 e. The van der Waals surface area contributed by atoms with E-state index in [-0.39, 0.29) is 35.2 Å². The number of para-hydroxylation sites is 2. The molecule has 0 radical (unpaired) electrons. The van der Waals surface area contributed by atoms with Crippen molar-refractivity contribution < 1.29 is 19.2 Å². The van der Waals surface area contributed by atoms with E-state index in [1.807, 2.05) is 31.2 Å². The number of hydrogen-bond donors (Lipinski definition) is 0. The predicted octanol–water partition coefficient (Wildman–Crippen LogP) is 2.88. The third kappa shape index (κ3) is 3.84. The van der Waals surface area contributed by atoms with Crippen LogP contribution in [0.4, 0.5) is 0 Å². The Kier molecular flexibility index (Phi) is 5.62. The van der Waals surface area contributed by atoms with E-state index >= 15 is 0 Å². The lowest BCUT2D eigenvalue weighted by molar-refractivity contribution is -0.168. The van der Waals surface area contributed by atoms with Crippen LogP contribution < -0.4 is 5.56 Å². The molecule has 0 spiro atoms. The Morgan fingerprint density at radius 2 is 1.61 bits per heavy atom. The van der Waals surface area contributed by atoms with Gasteiger partial charge < -0.3 is 9.40 Å². The Hall–Kier alpha value is -3.81. The summed E-state index contributed by atoms with van der Waals surface area (Å²) in [6.07, 6.45) is 1.62. The number of carbonyl (C=O) groups is 3. The fraction of sp³-hybridized carbons (Fsp3) is 0.261. The zero-order chi connectivity index (χ0) is 22.0. The second kappa shape index (κ2) is 8.51. The van der Waals surface area contributed by atoms with Crippen molar-refractivity contribution in [3.05, 3.63) is 75.7 Å². The highest BCUT2D eigenvalue weighted by Gasteiger charge is 2.38. The lowest BCUT2D eigenvalue weighted by atomic mass is 10.1. The molecular weight excluding hydrogens is 398 g/mol. The molecule has 0 saturated heterocycles. The zero-order valence-corrected chi connectivity index (χ0v) is 17.0. The highest BCUT2D eigenvalue weighted by molar-refractivity contribution is 6.20. The minimum absolute atomic E-state index is 0.0395. The third-order valence-corrected chi connectivity index (χ3v) is 5.17. The van der Waals surface area contributed by atoms with Crippen LogP contribution in [0.5, 0.6) is 0 Å². The van der Waals surface area contributed by atoms with Crippen molar-refractivity contribution >= 4 is 28.8 Å². The van der Waals surface area contributed by atoms with Crippen LogP contribution >= 0.6 is 0 Å². The molecule has 3 aromatic rings. The summed E-state index contributed by atoms with van der Waals surface area (Å²) < 4.78 is 1.68. The summed E-state index contributed by atoms with van der Waals surface area (Å²) in [5, 5.41) is 0.473. The quantitative estimate of drug-likeness (QED) is 0.546. The lowest BCUT2D eigenvalue weighted by Gasteiger charge is -2.13. The van der Waals surface area contributed by atoms with Crippen molar-refractivity contribution in [1.82, 2.24) is 14.6 Å². The summed E-state index contributed by atoms with van der Waals surface area (Å²) in [4.78, 5) is 59.4. The van der Waals surface area contributed by atoms with Crippen LogP contribution in [0.2, 0.25) is 0 Å². The van der Waals surface area contributed by atoms with Crippen LogP contribution in [0.1, 0.15) is 52.6 Å². The van der Waals surface area contributed by atoms with Gasteiger partial charge in [-0.2, -0.15) is 0 Å². The average molecular weight is 419 g/mol. The molecule has 0 N–H and O–H groups in total. The average Bonchev–Trinajstić information content (AvgIpc) is 3.02. The van der Waals surface area contributed by atoms with Gasteiger partial charge in [-0.15, -0.1) is 0 Å². The first kappa shape index (κ1) is 20.5. The van der Waals surface area contributed by atoms with Crippen LogP contribution in [0.3, 0.4) is 0 Å². The number of aromatic nitrogens is 2. The Bertz CT molecular complexity index is 1210. The number of benzene rings is 2. The number of nitrogens with zero attached hydrogens (tertiary/aromatic N) is 3. The Labute approximate surface area is 178 Å². The number of hydroxylamine groups is 2. The second-order valence-corrected chi connectivity index (χ2v) is 7.27. The van der Waals surface area contributed by atoms with Crippen LogP contribution in [0.25, 0.3) is 11.0 Å². The Morgan fingerprint density at radius 3 is 2.29 bits per heavy atom. The Balaban J connectivity index is 1.50. The molecule has 0 fully saturated rings. The molecule has 2 aromatic carbocycles. The van der Waals surface area contributed by atoms with E-state index in [4.69, 9.17) is 4.84 Å². The summed E-state index contributed by atoms with van der Waals surface area (Å²) in [6.45, 7) is 2.61. The predicted molar refractivity (Wildman–Crippen MR) is 112 cm³/mol. The van der Waals surface area contributed by atoms with E-state index in [2.05, 4.69) is 4.98 Å². The topological polar surface area (TPSA) is 98.6 Å². The fourth-order valence-electron chi connectivity index (χ4n) is 3.56. The maximum Gasteiger partial charge on any atom is 0.333 e. The molecule has 0 bridgehead atoms. The van der Waals surface area contributed by atoms with Gasteiger partial charge in [0, 0.05) is 13.0 Å². The summed E-state index contributed by atoms with van der Waals surface area (Å²) in [5.41, 5.74) is 1.79. The van der Waals surface area contributed by atoms with Gasteiger partial charge in [-0.25, -0.2) is 9.78 Å². The highest BCUT2D eigenvalue weighted by Crippen LogP contribution is 2.23. The fourth-order valence-corrected chi connectivity index (χ4v) is 3.56. The molecule has 1 aromatic heterocycles. The molecule has 8 nitrogen and oxygen atoms in total. The highest BCUT2D eigenvalue weighted by atomic mass is 16.7. The molecule has 0 atom stereocenters. The van der Waals surface area contributed by atoms with Gasteiger partial charge in [-0.05, 0) is 30.7 Å². The molecule has 0 unspecified atom stereocenters. The standard InChI is InChI=1S/C23H21N3O5/c1-2-3-14-25-19-11-7-6-10-17(19)24-18(23(25)30)12-13-20(27)31-26-21(28)15-8-4-5-9-16(15)22(26)29/h4-11H,2-3,12-14H2,1H3. The number of hydrogen-bond acceptors (Lipinski definition) is 6. The molecule has 1 aliphatic rings. The molecular formula is C23H21N3O5. The van der Waals surface area contributed by atoms with Crippen LogP contribution in [0, 0.1) is 0 Å². The van der Waals surface area contributed by atoms with Gasteiger partial charge in [0.05, 0.1) is 28.6 Å². The van der Waals surface area contributed by atoms with Crippen molar-refractivity contribution in [3.63, 3.8) is 0 Å². The van der Waals surface area contributed by atoms with Gasteiger partial charge in [0.15, 0.2) is 0 Å². The maximum atomic E-state index is 12.9. The largest absolute Gasteiger partial charge is 0.333 e. The van der Waals surface area contributed by atoms with Crippen LogP contribution in [0.15, 0.2) is 53.3 Å². The van der Waals surface area contributed by atoms with Gasteiger partial charge in [0.2, 0.25) is 0 Å². The molecule has 1 aliphatic heterocycles. The first-order valence-electron chi connectivity index (χ1n) is 10.2. The molecule has 8 heteroatoms. The lowest BCUT2D eigenvalue weighted by Crippen LogP contribution is -2.33. The summed E-state index contributed by atoms with van der Waals surface area (Å²) in [6, 6.07) is 13.6. The number of amides is 2. The molecule has 0 aliphatic carbocycles. The van der Waals surface area contributed by atoms with E-state index in [1.165, 1.54) is 12.1 Å². The molecule has 31 heavy (non-hydrogen) atoms. The van der Waals surface area contributed by atoms with Gasteiger partial charge in [-0.3, -0.25) is 14.4 Å². The van der Waals surface area contributed by atoms with Crippen molar-refractivity contribution in [3.8, 4) is 0 Å². The van der Waals surface area contributed by atoms with Crippen molar-refractivity contribution in [2.75, 3.05) is 0 Å². The monoisotopic (exact) mass is 419 g/mol. The first-order valence-corrected chi connectivity index (χ1v) is 10.2. The van der Waals surface area contributed by atoms with Gasteiger partial charge >= 0.3 is 5.97 Å². The zero-order valence-electron chi connectivity index (χ0n) is 17.0. The minimum atomic E-state index is -0.788. The number of fused-ring (bicyclic) bond motifs is 2. The molecule has 2 heterocycles. The van der Waals surface area contributed by atoms with E-state index in [9.17, 15) is 19.2 Å². The van der Waals surface area contributed by atoms with E-state index in [0.717, 1.165) is 18.4 Å². The molecule has 2 amide bonds. The van der Waals surface area contributed by atoms with Crippen molar-refractivity contribution in [2.24, 2.45) is 0 Å². The first-order chi connectivity index (χ1) is 15.0. The van der Waals surface area contributed by atoms with Crippen molar-refractivity contribution in [1.29, 1.82) is 0 Å². The molecule has 0 saturated carbocycles. The number of unbranched alkanes of at least 4 members (excludes halogenated alkanes) is 1.